The molecule has 1 aromatic rings. The largest absolute Gasteiger partial charge is 0.490 e. The summed E-state index contributed by atoms with van der Waals surface area (Å²) in [6.45, 7) is 8.11. The van der Waals surface area contributed by atoms with E-state index in [0.717, 1.165) is 22.7 Å². The topological polar surface area (TPSA) is 12.5 Å². The molecule has 0 aromatic heterocycles. The maximum atomic E-state index is 5.45. The molecule has 0 fully saturated rings. The molecule has 0 N–H and O–H groups in total. The zero-order valence-electron chi connectivity index (χ0n) is 11.1. The van der Waals surface area contributed by atoms with Crippen molar-refractivity contribution in [1.29, 1.82) is 0 Å². The third-order valence-corrected chi connectivity index (χ3v) is 2.76. The van der Waals surface area contributed by atoms with Crippen molar-refractivity contribution in [3.05, 3.63) is 73.0 Å². The van der Waals surface area contributed by atoms with Crippen molar-refractivity contribution >= 4 is 5.70 Å². The van der Waals surface area contributed by atoms with Crippen LogP contribution >= 0.6 is 0 Å². The van der Waals surface area contributed by atoms with Crippen LogP contribution in [0.5, 0.6) is 5.75 Å². The molecule has 95 valence electrons. The Morgan fingerprint density at radius 2 is 2.00 bits per heavy atom. The second kappa shape index (κ2) is 7.47. The van der Waals surface area contributed by atoms with E-state index < -0.39 is 0 Å². The van der Waals surface area contributed by atoms with Gasteiger partial charge in [0, 0.05) is 39.8 Å². The fourth-order valence-corrected chi connectivity index (χ4v) is 1.71. The van der Waals surface area contributed by atoms with Crippen LogP contribution in [0.4, 0.5) is 0 Å². The van der Waals surface area contributed by atoms with Gasteiger partial charge >= 0.3 is 0 Å². The Balaban J connectivity index is 0.00000180. The third kappa shape index (κ3) is 3.92. The van der Waals surface area contributed by atoms with Crippen molar-refractivity contribution in [3.8, 4) is 5.75 Å². The van der Waals surface area contributed by atoms with Crippen LogP contribution in [0.15, 0.2) is 61.3 Å². The van der Waals surface area contributed by atoms with Gasteiger partial charge in [-0.1, -0.05) is 30.5 Å². The number of benzene rings is 1. The molecule has 1 aromatic carbocycles. The minimum atomic E-state index is 0. The molecule has 1 heterocycles. The Morgan fingerprint density at radius 3 is 2.63 bits per heavy atom. The number of hydrogen-bond acceptors (Lipinski definition) is 2. The van der Waals surface area contributed by atoms with Crippen LogP contribution in [0, 0.1) is 6.08 Å². The van der Waals surface area contributed by atoms with Crippen molar-refractivity contribution in [2.24, 2.45) is 0 Å². The molecule has 0 atom stereocenters. The van der Waals surface area contributed by atoms with Crippen molar-refractivity contribution in [1.82, 2.24) is 4.90 Å². The smallest absolute Gasteiger partial charge is 0.117 e. The number of ether oxygens (including phenoxy) is 1. The number of likely N-dealkylation sites (N-methyl/N-ethyl adjacent to an activating group) is 1. The molecule has 0 saturated carbocycles. The Hall–Kier alpha value is -1.12. The first-order valence-corrected chi connectivity index (χ1v) is 5.79. The second-order valence-corrected chi connectivity index (χ2v) is 4.00. The van der Waals surface area contributed by atoms with Gasteiger partial charge in [-0.15, -0.1) is 18.2 Å². The molecule has 0 amide bonds. The van der Waals surface area contributed by atoms with E-state index in [1.54, 1.807) is 6.08 Å². The Morgan fingerprint density at radius 1 is 1.32 bits per heavy atom. The van der Waals surface area contributed by atoms with Crippen LogP contribution in [-0.4, -0.2) is 18.6 Å². The van der Waals surface area contributed by atoms with Gasteiger partial charge in [-0.25, -0.2) is 0 Å². The van der Waals surface area contributed by atoms with Crippen LogP contribution in [-0.2, 0) is 32.7 Å². The van der Waals surface area contributed by atoms with Gasteiger partial charge in [-0.3, -0.25) is 0 Å². The average Bonchev–Trinajstić information content (AvgIpc) is 2.40. The minimum Gasteiger partial charge on any atom is -0.490 e. The molecule has 2 nitrogen and oxygen atoms in total. The Kier molecular flexibility index (Phi) is 6.26. The van der Waals surface area contributed by atoms with Gasteiger partial charge in [0.1, 0.15) is 12.4 Å². The summed E-state index contributed by atoms with van der Waals surface area (Å²) in [5.74, 6) is 0.840. The molecule has 0 unspecified atom stereocenters. The molecule has 1 aliphatic heterocycles. The summed E-state index contributed by atoms with van der Waals surface area (Å²) in [6, 6.07) is 7.93. The van der Waals surface area contributed by atoms with Crippen LogP contribution in [0.2, 0.25) is 0 Å². The number of allylic oxidation sites excluding steroid dienone is 3. The first-order valence-electron chi connectivity index (χ1n) is 5.79. The first-order chi connectivity index (χ1) is 8.72. The predicted octanol–water partition coefficient (Wildman–Crippen LogP) is 3.41. The molecule has 0 spiro atoms. The summed E-state index contributed by atoms with van der Waals surface area (Å²) in [6.07, 6.45) is 8.78. The molecule has 19 heavy (non-hydrogen) atoms. The van der Waals surface area contributed by atoms with E-state index in [0.29, 0.717) is 6.61 Å². The zero-order chi connectivity index (χ0) is 13.0. The molecule has 1 radical (unpaired) electrons. The molecule has 1 aliphatic rings. The fourth-order valence-electron chi connectivity index (χ4n) is 1.71. The van der Waals surface area contributed by atoms with E-state index in [2.05, 4.69) is 19.2 Å². The summed E-state index contributed by atoms with van der Waals surface area (Å²) in [4.78, 5) is 2.01. The average molecular weight is 327 g/mol. The Bertz CT molecular complexity index is 514. The van der Waals surface area contributed by atoms with Crippen LogP contribution in [0.1, 0.15) is 5.56 Å². The van der Waals surface area contributed by atoms with Gasteiger partial charge in [0.2, 0.25) is 0 Å². The van der Waals surface area contributed by atoms with Gasteiger partial charge in [0.25, 0.3) is 0 Å². The summed E-state index contributed by atoms with van der Waals surface area (Å²) in [5, 5.41) is 0. The fraction of sp³-hybridized carbons (Fsp3) is 0.125. The molecule has 3 heteroatoms. The second-order valence-electron chi connectivity index (χ2n) is 4.00. The van der Waals surface area contributed by atoms with Gasteiger partial charge < -0.3 is 9.64 Å². The Labute approximate surface area is 140 Å². The van der Waals surface area contributed by atoms with E-state index in [-0.39, 0.29) is 32.7 Å². The summed E-state index contributed by atoms with van der Waals surface area (Å²) >= 11 is 0. The van der Waals surface area contributed by atoms with E-state index >= 15 is 0 Å². The summed E-state index contributed by atoms with van der Waals surface area (Å²) in [5.41, 5.74) is 3.06. The number of nitrogens with zero attached hydrogens (tertiary/aromatic N) is 1. The van der Waals surface area contributed by atoms with Crippen LogP contribution in [0.3, 0.4) is 0 Å². The van der Waals surface area contributed by atoms with E-state index in [9.17, 15) is 0 Å². The summed E-state index contributed by atoms with van der Waals surface area (Å²) in [7, 11) is 1.98. The monoisotopic (exact) mass is 327 g/mol. The zero-order valence-corrected chi connectivity index (χ0v) is 13.9. The van der Waals surface area contributed by atoms with Gasteiger partial charge in [0.05, 0.1) is 0 Å². The number of rotatable bonds is 4. The molecule has 0 aliphatic carbocycles. The van der Waals surface area contributed by atoms with Crippen molar-refractivity contribution in [2.45, 2.75) is 0 Å². The quantitative estimate of drug-likeness (QED) is 0.621. The van der Waals surface area contributed by atoms with E-state index in [1.165, 1.54) is 0 Å². The number of hydrogen-bond donors (Lipinski definition) is 0. The maximum Gasteiger partial charge on any atom is 0.117 e. The van der Waals surface area contributed by atoms with Gasteiger partial charge in [-0.2, -0.15) is 12.2 Å². The van der Waals surface area contributed by atoms with E-state index in [1.807, 2.05) is 48.4 Å². The molecule has 0 bridgehead atoms. The molecule has 2 rings (SSSR count). The first kappa shape index (κ1) is 15.9. The van der Waals surface area contributed by atoms with Crippen molar-refractivity contribution in [3.63, 3.8) is 0 Å². The van der Waals surface area contributed by atoms with Crippen molar-refractivity contribution < 1.29 is 37.4 Å². The van der Waals surface area contributed by atoms with Gasteiger partial charge in [0.15, 0.2) is 0 Å². The SMILES string of the molecule is C=CCOc1ccc(C2=[C-]C=CC(=C)N2C)cc1.[Y]. The third-order valence-electron chi connectivity index (χ3n) is 2.76. The molecule has 0 saturated heterocycles. The minimum absolute atomic E-state index is 0. The predicted molar refractivity (Wildman–Crippen MR) is 74.8 cm³/mol. The molecular weight excluding hydrogens is 311 g/mol. The standard InChI is InChI=1S/C16H16NO.Y/c1-4-12-18-15-10-8-14(9-11-15)16-7-5-6-13(2)17(16)3;/h4-6,8-11H,1-2,12H2,3H3;/q-1;. The van der Waals surface area contributed by atoms with Crippen LogP contribution in [0.25, 0.3) is 5.70 Å². The normalized spacial score (nSPS) is 13.6. The van der Waals surface area contributed by atoms with Crippen LogP contribution < -0.4 is 4.74 Å². The summed E-state index contributed by atoms with van der Waals surface area (Å²) < 4.78 is 5.45. The molecular formula is C16H16NOY-. The maximum absolute atomic E-state index is 5.45. The van der Waals surface area contributed by atoms with E-state index in [4.69, 9.17) is 4.74 Å². The van der Waals surface area contributed by atoms with Gasteiger partial charge in [-0.05, 0) is 17.8 Å². The van der Waals surface area contributed by atoms with Crippen molar-refractivity contribution in [2.75, 3.05) is 13.7 Å².